The van der Waals surface area contributed by atoms with Crippen molar-refractivity contribution in [3.63, 3.8) is 0 Å². The molecule has 0 aliphatic carbocycles. The first-order chi connectivity index (χ1) is 8.61. The summed E-state index contributed by atoms with van der Waals surface area (Å²) in [5.41, 5.74) is 1.68. The average Bonchev–Trinajstić information content (AvgIpc) is 2.41. The van der Waals surface area contributed by atoms with E-state index in [0.717, 1.165) is 0 Å². The molecule has 5 heteroatoms. The molecule has 0 aromatic heterocycles. The molecule has 18 heavy (non-hydrogen) atoms. The van der Waals surface area contributed by atoms with Crippen molar-refractivity contribution in [3.05, 3.63) is 35.1 Å². The fourth-order valence-electron chi connectivity index (χ4n) is 2.03. The van der Waals surface area contributed by atoms with E-state index in [1.54, 1.807) is 17.9 Å². The van der Waals surface area contributed by atoms with Gasteiger partial charge in [0.05, 0.1) is 5.71 Å². The lowest BCUT2D eigenvalue weighted by atomic mass is 10.1. The predicted molar refractivity (Wildman–Crippen MR) is 65.5 cm³/mol. The number of amides is 1. The van der Waals surface area contributed by atoms with Gasteiger partial charge in [0.15, 0.2) is 0 Å². The van der Waals surface area contributed by atoms with Crippen molar-refractivity contribution in [2.45, 2.75) is 19.8 Å². The molecule has 1 saturated heterocycles. The molecule has 0 bridgehead atoms. The first-order valence-corrected chi connectivity index (χ1v) is 5.87. The number of oxime groups is 1. The molecule has 1 heterocycles. The summed E-state index contributed by atoms with van der Waals surface area (Å²) in [5, 5.41) is 11.8. The summed E-state index contributed by atoms with van der Waals surface area (Å²) < 4.78 is 13.1. The Morgan fingerprint density at radius 1 is 1.39 bits per heavy atom. The molecule has 0 atom stereocenters. The molecule has 1 aliphatic heterocycles. The number of piperidine rings is 1. The molecule has 2 rings (SSSR count). The van der Waals surface area contributed by atoms with Crippen LogP contribution in [0.5, 0.6) is 0 Å². The predicted octanol–water partition coefficient (Wildman–Crippen LogP) is 2.20. The van der Waals surface area contributed by atoms with Crippen molar-refractivity contribution in [1.29, 1.82) is 0 Å². The second-order valence-electron chi connectivity index (χ2n) is 4.42. The van der Waals surface area contributed by atoms with Crippen molar-refractivity contribution in [2.24, 2.45) is 5.16 Å². The van der Waals surface area contributed by atoms with Gasteiger partial charge >= 0.3 is 0 Å². The van der Waals surface area contributed by atoms with E-state index >= 15 is 0 Å². The summed E-state index contributed by atoms with van der Waals surface area (Å²) in [4.78, 5) is 13.9. The lowest BCUT2D eigenvalue weighted by Crippen LogP contribution is -2.38. The van der Waals surface area contributed by atoms with E-state index in [0.29, 0.717) is 42.8 Å². The fraction of sp³-hybridized carbons (Fsp3) is 0.385. The maximum absolute atomic E-state index is 13.1. The molecule has 0 saturated carbocycles. The van der Waals surface area contributed by atoms with Crippen LogP contribution in [-0.2, 0) is 0 Å². The van der Waals surface area contributed by atoms with Crippen LogP contribution in [0.15, 0.2) is 23.4 Å². The smallest absolute Gasteiger partial charge is 0.253 e. The summed E-state index contributed by atoms with van der Waals surface area (Å²) in [6.07, 6.45) is 1.17. The third-order valence-corrected chi connectivity index (χ3v) is 3.17. The number of halogens is 1. The van der Waals surface area contributed by atoms with Gasteiger partial charge in [-0.1, -0.05) is 5.16 Å². The van der Waals surface area contributed by atoms with Gasteiger partial charge in [0.2, 0.25) is 0 Å². The van der Waals surface area contributed by atoms with Crippen molar-refractivity contribution < 1.29 is 14.4 Å². The van der Waals surface area contributed by atoms with Crippen LogP contribution in [0.25, 0.3) is 0 Å². The van der Waals surface area contributed by atoms with Crippen LogP contribution in [0, 0.1) is 12.7 Å². The summed E-state index contributed by atoms with van der Waals surface area (Å²) in [7, 11) is 0. The van der Waals surface area contributed by atoms with Crippen LogP contribution < -0.4 is 0 Å². The lowest BCUT2D eigenvalue weighted by molar-refractivity contribution is 0.0753. The van der Waals surface area contributed by atoms with Crippen LogP contribution in [0.4, 0.5) is 4.39 Å². The molecule has 0 unspecified atom stereocenters. The number of hydrogen-bond acceptors (Lipinski definition) is 3. The minimum atomic E-state index is -0.306. The van der Waals surface area contributed by atoms with E-state index in [2.05, 4.69) is 5.16 Å². The Morgan fingerprint density at radius 2 is 2.06 bits per heavy atom. The Balaban J connectivity index is 2.10. The molecule has 0 radical (unpaired) electrons. The molecule has 4 nitrogen and oxygen atoms in total. The summed E-state index contributed by atoms with van der Waals surface area (Å²) in [6.45, 7) is 2.71. The number of benzene rings is 1. The van der Waals surface area contributed by atoms with Crippen molar-refractivity contribution in [2.75, 3.05) is 13.1 Å². The largest absolute Gasteiger partial charge is 0.411 e. The standard InChI is InChI=1S/C13H15FN2O2/c1-9-8-10(2-3-12(9)14)13(17)16-6-4-11(15-18)5-7-16/h2-3,8,18H,4-7H2,1H3. The monoisotopic (exact) mass is 250 g/mol. The second-order valence-corrected chi connectivity index (χ2v) is 4.42. The zero-order valence-electron chi connectivity index (χ0n) is 10.2. The SMILES string of the molecule is Cc1cc(C(=O)N2CCC(=NO)CC2)ccc1F. The van der Waals surface area contributed by atoms with Crippen molar-refractivity contribution >= 4 is 11.6 Å². The highest BCUT2D eigenvalue weighted by atomic mass is 19.1. The van der Waals surface area contributed by atoms with Gasteiger partial charge in [0.1, 0.15) is 5.82 Å². The zero-order valence-corrected chi connectivity index (χ0v) is 10.2. The normalized spacial score (nSPS) is 15.7. The summed E-state index contributed by atoms with van der Waals surface area (Å²) in [6, 6.07) is 4.38. The maximum atomic E-state index is 13.1. The average molecular weight is 250 g/mol. The minimum absolute atomic E-state index is 0.102. The van der Waals surface area contributed by atoms with E-state index in [1.807, 2.05) is 0 Å². The van der Waals surface area contributed by atoms with Crippen molar-refractivity contribution in [3.8, 4) is 0 Å². The molecule has 1 amide bonds. The molecule has 96 valence electrons. The van der Waals surface area contributed by atoms with Gasteiger partial charge in [-0.05, 0) is 30.7 Å². The Hall–Kier alpha value is -1.91. The van der Waals surface area contributed by atoms with Gasteiger partial charge < -0.3 is 10.1 Å². The number of likely N-dealkylation sites (tertiary alicyclic amines) is 1. The minimum Gasteiger partial charge on any atom is -0.411 e. The molecular weight excluding hydrogens is 235 g/mol. The molecule has 1 aromatic rings. The van der Waals surface area contributed by atoms with Crippen LogP contribution >= 0.6 is 0 Å². The number of rotatable bonds is 1. The van der Waals surface area contributed by atoms with Gasteiger partial charge in [0.25, 0.3) is 5.91 Å². The Bertz CT molecular complexity index is 490. The van der Waals surface area contributed by atoms with Gasteiger partial charge in [0, 0.05) is 31.5 Å². The van der Waals surface area contributed by atoms with E-state index in [4.69, 9.17) is 5.21 Å². The van der Waals surface area contributed by atoms with E-state index in [9.17, 15) is 9.18 Å². The molecule has 0 spiro atoms. The Morgan fingerprint density at radius 3 is 2.61 bits per heavy atom. The number of carbonyl (C=O) groups is 1. The van der Waals surface area contributed by atoms with Gasteiger partial charge in [-0.25, -0.2) is 4.39 Å². The number of hydrogen-bond donors (Lipinski definition) is 1. The maximum Gasteiger partial charge on any atom is 0.253 e. The van der Waals surface area contributed by atoms with Crippen LogP contribution in [0.3, 0.4) is 0 Å². The van der Waals surface area contributed by atoms with E-state index in [-0.39, 0.29) is 11.7 Å². The number of aryl methyl sites for hydroxylation is 1. The Labute approximate surface area is 105 Å². The van der Waals surface area contributed by atoms with Gasteiger partial charge in [-0.3, -0.25) is 4.79 Å². The van der Waals surface area contributed by atoms with Crippen LogP contribution in [0.2, 0.25) is 0 Å². The molecule has 1 aliphatic rings. The molecule has 1 fully saturated rings. The summed E-state index contributed by atoms with van der Waals surface area (Å²) in [5.74, 6) is -0.407. The topological polar surface area (TPSA) is 52.9 Å². The third kappa shape index (κ3) is 2.50. The molecular formula is C13H15FN2O2. The third-order valence-electron chi connectivity index (χ3n) is 3.17. The van der Waals surface area contributed by atoms with Gasteiger partial charge in [-0.15, -0.1) is 0 Å². The highest BCUT2D eigenvalue weighted by Crippen LogP contribution is 2.15. The number of nitrogens with zero attached hydrogens (tertiary/aromatic N) is 2. The van der Waals surface area contributed by atoms with Gasteiger partial charge in [-0.2, -0.15) is 0 Å². The summed E-state index contributed by atoms with van der Waals surface area (Å²) >= 11 is 0. The van der Waals surface area contributed by atoms with Crippen molar-refractivity contribution in [1.82, 2.24) is 4.90 Å². The van der Waals surface area contributed by atoms with E-state index in [1.165, 1.54) is 12.1 Å². The first kappa shape index (κ1) is 12.5. The Kier molecular flexibility index (Phi) is 3.60. The van der Waals surface area contributed by atoms with Crippen LogP contribution in [-0.4, -0.2) is 34.8 Å². The van der Waals surface area contributed by atoms with Crippen LogP contribution in [0.1, 0.15) is 28.8 Å². The quantitative estimate of drug-likeness (QED) is 0.613. The highest BCUT2D eigenvalue weighted by molar-refractivity contribution is 5.96. The first-order valence-electron chi connectivity index (χ1n) is 5.87. The molecule has 1 aromatic carbocycles. The lowest BCUT2D eigenvalue weighted by Gasteiger charge is -2.27. The van der Waals surface area contributed by atoms with E-state index < -0.39 is 0 Å². The second kappa shape index (κ2) is 5.16. The fourth-order valence-corrected chi connectivity index (χ4v) is 2.03. The highest BCUT2D eigenvalue weighted by Gasteiger charge is 2.21. The number of carbonyl (C=O) groups excluding carboxylic acids is 1. The molecule has 1 N–H and O–H groups in total. The zero-order chi connectivity index (χ0) is 13.1.